The van der Waals surface area contributed by atoms with Crippen molar-refractivity contribution in [1.82, 2.24) is 10.0 Å². The van der Waals surface area contributed by atoms with Crippen LogP contribution in [0.2, 0.25) is 0 Å². The Balaban J connectivity index is 1.55. The van der Waals surface area contributed by atoms with E-state index < -0.39 is 15.9 Å². The van der Waals surface area contributed by atoms with Crippen molar-refractivity contribution in [1.29, 1.82) is 0 Å². The second-order valence-electron chi connectivity index (χ2n) is 5.81. The van der Waals surface area contributed by atoms with Gasteiger partial charge in [0.05, 0.1) is 24.0 Å². The molecule has 1 aromatic carbocycles. The molecule has 2 heterocycles. The number of ether oxygens (including phenoxy) is 1. The predicted molar refractivity (Wildman–Crippen MR) is 85.9 cm³/mol. The normalized spacial score (nSPS) is 19.8. The minimum absolute atomic E-state index is 0.00676. The minimum atomic E-state index is -3.81. The van der Waals surface area contributed by atoms with Gasteiger partial charge in [0.15, 0.2) is 0 Å². The van der Waals surface area contributed by atoms with Gasteiger partial charge in [-0.1, -0.05) is 0 Å². The zero-order chi connectivity index (χ0) is 17.2. The Morgan fingerprint density at radius 2 is 2.21 bits per heavy atom. The van der Waals surface area contributed by atoms with Gasteiger partial charge in [-0.15, -0.1) is 0 Å². The first-order valence-corrected chi connectivity index (χ1v) is 9.23. The van der Waals surface area contributed by atoms with Crippen molar-refractivity contribution in [3.05, 3.63) is 23.8 Å². The van der Waals surface area contributed by atoms with Crippen LogP contribution in [0, 0.1) is 0 Å². The first-order valence-electron chi connectivity index (χ1n) is 7.75. The average Bonchev–Trinajstić information content (AvgIpc) is 3.18. The van der Waals surface area contributed by atoms with Crippen LogP contribution in [0.1, 0.15) is 18.4 Å². The zero-order valence-electron chi connectivity index (χ0n) is 13.0. The van der Waals surface area contributed by atoms with Gasteiger partial charge in [-0.25, -0.2) is 13.1 Å². The van der Waals surface area contributed by atoms with E-state index in [1.54, 1.807) is 6.07 Å². The average molecular weight is 353 g/mol. The van der Waals surface area contributed by atoms with E-state index in [2.05, 4.69) is 15.4 Å². The third-order valence-corrected chi connectivity index (χ3v) is 5.38. The number of nitrogens with one attached hydrogen (secondary N) is 3. The molecule has 24 heavy (non-hydrogen) atoms. The van der Waals surface area contributed by atoms with E-state index in [1.807, 2.05) is 0 Å². The molecular formula is C15H19N3O5S. The molecule has 1 atom stereocenters. The standard InChI is InChI=1S/C15H19N3O5S/c19-14-7-10-6-12(3-4-13(10)18-14)24(21,22)17-9-15(20)16-8-11-2-1-5-23-11/h3-4,6,11,17H,1-2,5,7-9H2,(H,16,20)(H,18,19). The highest BCUT2D eigenvalue weighted by molar-refractivity contribution is 7.89. The van der Waals surface area contributed by atoms with E-state index in [9.17, 15) is 18.0 Å². The molecule has 8 nitrogen and oxygen atoms in total. The number of anilines is 1. The number of hydrogen-bond acceptors (Lipinski definition) is 5. The Hall–Kier alpha value is -1.97. The molecule has 9 heteroatoms. The number of benzene rings is 1. The number of amides is 2. The summed E-state index contributed by atoms with van der Waals surface area (Å²) >= 11 is 0. The molecule has 0 spiro atoms. The lowest BCUT2D eigenvalue weighted by molar-refractivity contribution is -0.120. The van der Waals surface area contributed by atoms with Gasteiger partial charge in [-0.2, -0.15) is 0 Å². The van der Waals surface area contributed by atoms with Gasteiger partial charge in [0.25, 0.3) is 0 Å². The first-order chi connectivity index (χ1) is 11.4. The van der Waals surface area contributed by atoms with Crippen LogP contribution in [0.3, 0.4) is 0 Å². The minimum Gasteiger partial charge on any atom is -0.376 e. The van der Waals surface area contributed by atoms with Crippen LogP contribution in [-0.2, 0) is 30.8 Å². The molecule has 3 N–H and O–H groups in total. The Kier molecular flexibility index (Phi) is 4.83. The number of carbonyl (C=O) groups is 2. The van der Waals surface area contributed by atoms with E-state index in [0.29, 0.717) is 24.4 Å². The quantitative estimate of drug-likeness (QED) is 0.653. The van der Waals surface area contributed by atoms with Gasteiger partial charge in [-0.05, 0) is 36.6 Å². The van der Waals surface area contributed by atoms with Crippen LogP contribution in [0.25, 0.3) is 0 Å². The Morgan fingerprint density at radius 3 is 2.96 bits per heavy atom. The third kappa shape index (κ3) is 3.92. The maximum absolute atomic E-state index is 12.3. The number of hydrogen-bond donors (Lipinski definition) is 3. The monoisotopic (exact) mass is 353 g/mol. The van der Waals surface area contributed by atoms with Gasteiger partial charge in [0.2, 0.25) is 21.8 Å². The Labute approximate surface area is 140 Å². The van der Waals surface area contributed by atoms with Crippen molar-refractivity contribution in [2.45, 2.75) is 30.3 Å². The molecule has 1 unspecified atom stereocenters. The first kappa shape index (κ1) is 16.9. The van der Waals surface area contributed by atoms with Crippen molar-refractivity contribution < 1.29 is 22.7 Å². The molecule has 1 aromatic rings. The molecule has 2 aliphatic heterocycles. The van der Waals surface area contributed by atoms with E-state index >= 15 is 0 Å². The number of rotatable bonds is 6. The Bertz CT molecular complexity index is 756. The van der Waals surface area contributed by atoms with Crippen LogP contribution in [0.5, 0.6) is 0 Å². The van der Waals surface area contributed by atoms with Gasteiger partial charge < -0.3 is 15.4 Å². The lowest BCUT2D eigenvalue weighted by Gasteiger charge is -2.11. The highest BCUT2D eigenvalue weighted by Gasteiger charge is 2.22. The van der Waals surface area contributed by atoms with E-state index in [0.717, 1.165) is 12.8 Å². The van der Waals surface area contributed by atoms with Gasteiger partial charge >= 0.3 is 0 Å². The summed E-state index contributed by atoms with van der Waals surface area (Å²) in [5.74, 6) is -0.576. The summed E-state index contributed by atoms with van der Waals surface area (Å²) in [6.45, 7) is 0.735. The molecule has 2 amide bonds. The fraction of sp³-hybridized carbons (Fsp3) is 0.467. The summed E-state index contributed by atoms with van der Waals surface area (Å²) in [5, 5.41) is 5.29. The number of sulfonamides is 1. The summed E-state index contributed by atoms with van der Waals surface area (Å²) < 4.78 is 32.2. The van der Waals surface area contributed by atoms with Crippen LogP contribution < -0.4 is 15.4 Å². The predicted octanol–water partition coefficient (Wildman–Crippen LogP) is -0.245. The second-order valence-corrected chi connectivity index (χ2v) is 7.57. The molecule has 1 fully saturated rings. The lowest BCUT2D eigenvalue weighted by Crippen LogP contribution is -2.39. The van der Waals surface area contributed by atoms with E-state index in [-0.39, 0.29) is 29.9 Å². The molecule has 0 radical (unpaired) electrons. The van der Waals surface area contributed by atoms with Crippen LogP contribution in [0.4, 0.5) is 5.69 Å². The van der Waals surface area contributed by atoms with Crippen molar-refractivity contribution in [2.24, 2.45) is 0 Å². The molecule has 0 aromatic heterocycles. The molecule has 130 valence electrons. The number of fused-ring (bicyclic) bond motifs is 1. The van der Waals surface area contributed by atoms with E-state index in [1.165, 1.54) is 12.1 Å². The fourth-order valence-corrected chi connectivity index (χ4v) is 3.74. The van der Waals surface area contributed by atoms with Gasteiger partial charge in [0.1, 0.15) is 0 Å². The molecular weight excluding hydrogens is 334 g/mol. The number of carbonyl (C=O) groups excluding carboxylic acids is 2. The molecule has 0 bridgehead atoms. The van der Waals surface area contributed by atoms with Gasteiger partial charge in [0, 0.05) is 18.8 Å². The topological polar surface area (TPSA) is 114 Å². The zero-order valence-corrected chi connectivity index (χ0v) is 13.8. The molecule has 1 saturated heterocycles. The van der Waals surface area contributed by atoms with Crippen LogP contribution >= 0.6 is 0 Å². The molecule has 2 aliphatic rings. The maximum atomic E-state index is 12.3. The smallest absolute Gasteiger partial charge is 0.241 e. The van der Waals surface area contributed by atoms with E-state index in [4.69, 9.17) is 4.74 Å². The maximum Gasteiger partial charge on any atom is 0.241 e. The van der Waals surface area contributed by atoms with Crippen molar-refractivity contribution in [3.8, 4) is 0 Å². The summed E-state index contributed by atoms with van der Waals surface area (Å²) in [4.78, 5) is 23.1. The summed E-state index contributed by atoms with van der Waals surface area (Å²) in [6.07, 6.45) is 2.03. The largest absolute Gasteiger partial charge is 0.376 e. The second kappa shape index (κ2) is 6.88. The van der Waals surface area contributed by atoms with Gasteiger partial charge in [-0.3, -0.25) is 9.59 Å². The van der Waals surface area contributed by atoms with Crippen LogP contribution in [-0.4, -0.2) is 46.0 Å². The fourth-order valence-electron chi connectivity index (χ4n) is 2.71. The lowest BCUT2D eigenvalue weighted by atomic mass is 10.2. The summed E-state index contributed by atoms with van der Waals surface area (Å²) in [7, 11) is -3.81. The molecule has 3 rings (SSSR count). The van der Waals surface area contributed by atoms with Crippen molar-refractivity contribution in [2.75, 3.05) is 25.0 Å². The molecule has 0 saturated carbocycles. The van der Waals surface area contributed by atoms with Crippen molar-refractivity contribution >= 4 is 27.5 Å². The van der Waals surface area contributed by atoms with Crippen molar-refractivity contribution in [3.63, 3.8) is 0 Å². The Morgan fingerprint density at radius 1 is 1.38 bits per heavy atom. The SMILES string of the molecule is O=C(CNS(=O)(=O)c1ccc2c(c1)CC(=O)N2)NCC1CCCO1. The van der Waals surface area contributed by atoms with Crippen LogP contribution in [0.15, 0.2) is 23.1 Å². The third-order valence-electron chi connectivity index (χ3n) is 3.99. The summed E-state index contributed by atoms with van der Waals surface area (Å²) in [5.41, 5.74) is 1.25. The molecule has 0 aliphatic carbocycles. The highest BCUT2D eigenvalue weighted by Crippen LogP contribution is 2.25. The summed E-state index contributed by atoms with van der Waals surface area (Å²) in [6, 6.07) is 4.39. The highest BCUT2D eigenvalue weighted by atomic mass is 32.2.